The van der Waals surface area contributed by atoms with Gasteiger partial charge in [-0.25, -0.2) is 0 Å². The molecule has 0 saturated heterocycles. The summed E-state index contributed by atoms with van der Waals surface area (Å²) < 4.78 is 0. The first-order valence-electron chi connectivity index (χ1n) is 5.55. The molecule has 19 heavy (non-hydrogen) atoms. The lowest BCUT2D eigenvalue weighted by molar-refractivity contribution is 0.102. The molecule has 0 aliphatic heterocycles. The van der Waals surface area contributed by atoms with E-state index in [4.69, 9.17) is 16.9 Å². The summed E-state index contributed by atoms with van der Waals surface area (Å²) >= 11 is 5.83. The van der Waals surface area contributed by atoms with E-state index in [-0.39, 0.29) is 5.91 Å². The van der Waals surface area contributed by atoms with E-state index in [1.165, 1.54) is 6.07 Å². The summed E-state index contributed by atoms with van der Waals surface area (Å²) in [7, 11) is 0. The van der Waals surface area contributed by atoms with Crippen LogP contribution in [0.5, 0.6) is 0 Å². The lowest BCUT2D eigenvalue weighted by Gasteiger charge is -2.06. The molecule has 0 bridgehead atoms. The van der Waals surface area contributed by atoms with E-state index in [0.717, 1.165) is 0 Å². The number of nitrogens with zero attached hydrogens (tertiary/aromatic N) is 2. The Bertz CT molecular complexity index is 665. The highest BCUT2D eigenvalue weighted by atomic mass is 35.5. The third-order valence-corrected chi connectivity index (χ3v) is 3.03. The SMILES string of the molecule is Cc1n[nH]c(C)c1C(=O)Nc1ccc(Cl)c(C#N)c1. The third-order valence-electron chi connectivity index (χ3n) is 2.70. The fraction of sp³-hybridized carbons (Fsp3) is 0.154. The van der Waals surface area contributed by atoms with Crippen LogP contribution in [0.4, 0.5) is 5.69 Å². The van der Waals surface area contributed by atoms with E-state index in [2.05, 4.69) is 15.5 Å². The quantitative estimate of drug-likeness (QED) is 0.883. The average Bonchev–Trinajstić information content (AvgIpc) is 2.71. The van der Waals surface area contributed by atoms with Crippen LogP contribution < -0.4 is 5.32 Å². The predicted octanol–water partition coefficient (Wildman–Crippen LogP) is 2.80. The van der Waals surface area contributed by atoms with Gasteiger partial charge in [0.05, 0.1) is 21.8 Å². The standard InChI is InChI=1S/C13H11ClN4O/c1-7-12(8(2)18-17-7)13(19)16-10-3-4-11(14)9(5-10)6-15/h3-5H,1-2H3,(H,16,19)(H,17,18). The maximum Gasteiger partial charge on any atom is 0.259 e. The normalized spacial score (nSPS) is 10.0. The molecule has 1 aromatic heterocycles. The van der Waals surface area contributed by atoms with Gasteiger partial charge in [0, 0.05) is 11.4 Å². The molecular formula is C13H11ClN4O. The first-order chi connectivity index (χ1) is 9.02. The van der Waals surface area contributed by atoms with Gasteiger partial charge in [-0.15, -0.1) is 0 Å². The second-order valence-corrected chi connectivity index (χ2v) is 4.48. The molecule has 1 aromatic carbocycles. The molecule has 0 aliphatic rings. The van der Waals surface area contributed by atoms with Crippen molar-refractivity contribution in [2.45, 2.75) is 13.8 Å². The van der Waals surface area contributed by atoms with Crippen molar-refractivity contribution in [2.75, 3.05) is 5.32 Å². The Morgan fingerprint density at radius 1 is 1.47 bits per heavy atom. The highest BCUT2D eigenvalue weighted by Gasteiger charge is 2.15. The van der Waals surface area contributed by atoms with Crippen LogP contribution in [0.1, 0.15) is 27.3 Å². The van der Waals surface area contributed by atoms with Crippen LogP contribution in [0.2, 0.25) is 5.02 Å². The van der Waals surface area contributed by atoms with Gasteiger partial charge in [-0.2, -0.15) is 10.4 Å². The summed E-state index contributed by atoms with van der Waals surface area (Å²) in [6.45, 7) is 3.53. The number of amides is 1. The number of hydrogen-bond acceptors (Lipinski definition) is 3. The van der Waals surface area contributed by atoms with Crippen LogP contribution in [0.25, 0.3) is 0 Å². The second-order valence-electron chi connectivity index (χ2n) is 4.07. The van der Waals surface area contributed by atoms with Crippen molar-refractivity contribution >= 4 is 23.2 Å². The van der Waals surface area contributed by atoms with Gasteiger partial charge < -0.3 is 5.32 Å². The van der Waals surface area contributed by atoms with Gasteiger partial charge in [-0.3, -0.25) is 9.89 Å². The number of carbonyl (C=O) groups excluding carboxylic acids is 1. The van der Waals surface area contributed by atoms with Gasteiger partial charge in [0.1, 0.15) is 6.07 Å². The first kappa shape index (κ1) is 13.1. The Hall–Kier alpha value is -2.32. The number of nitriles is 1. The van der Waals surface area contributed by atoms with E-state index in [1.54, 1.807) is 26.0 Å². The van der Waals surface area contributed by atoms with Crippen molar-refractivity contribution in [3.05, 3.63) is 45.7 Å². The van der Waals surface area contributed by atoms with Gasteiger partial charge in [-0.05, 0) is 32.0 Å². The molecule has 2 aromatic rings. The maximum absolute atomic E-state index is 12.1. The van der Waals surface area contributed by atoms with Crippen LogP contribution >= 0.6 is 11.6 Å². The Morgan fingerprint density at radius 3 is 2.79 bits per heavy atom. The van der Waals surface area contributed by atoms with Crippen LogP contribution in [-0.2, 0) is 0 Å². The van der Waals surface area contributed by atoms with Crippen molar-refractivity contribution in [1.29, 1.82) is 5.26 Å². The Kier molecular flexibility index (Phi) is 3.54. The maximum atomic E-state index is 12.1. The van der Waals surface area contributed by atoms with E-state index < -0.39 is 0 Å². The van der Waals surface area contributed by atoms with Crippen molar-refractivity contribution in [3.63, 3.8) is 0 Å². The molecule has 96 valence electrons. The molecule has 6 heteroatoms. The third kappa shape index (κ3) is 2.59. The van der Waals surface area contributed by atoms with Crippen LogP contribution in [0.3, 0.4) is 0 Å². The number of aromatic nitrogens is 2. The molecule has 0 spiro atoms. The highest BCUT2D eigenvalue weighted by Crippen LogP contribution is 2.20. The Balaban J connectivity index is 2.28. The minimum Gasteiger partial charge on any atom is -0.322 e. The monoisotopic (exact) mass is 274 g/mol. The zero-order valence-electron chi connectivity index (χ0n) is 10.4. The lowest BCUT2D eigenvalue weighted by atomic mass is 10.1. The van der Waals surface area contributed by atoms with Crippen molar-refractivity contribution < 1.29 is 4.79 Å². The molecule has 0 saturated carbocycles. The van der Waals surface area contributed by atoms with Gasteiger partial charge in [-0.1, -0.05) is 11.6 Å². The number of rotatable bonds is 2. The first-order valence-corrected chi connectivity index (χ1v) is 5.93. The highest BCUT2D eigenvalue weighted by molar-refractivity contribution is 6.31. The number of nitrogens with one attached hydrogen (secondary N) is 2. The van der Waals surface area contributed by atoms with Gasteiger partial charge in [0.2, 0.25) is 0 Å². The average molecular weight is 275 g/mol. The minimum absolute atomic E-state index is 0.269. The van der Waals surface area contributed by atoms with E-state index in [0.29, 0.717) is 33.2 Å². The number of H-pyrrole nitrogens is 1. The Labute approximate surface area is 115 Å². The van der Waals surface area contributed by atoms with Crippen LogP contribution in [0, 0.1) is 25.2 Å². The van der Waals surface area contributed by atoms with Crippen LogP contribution in [-0.4, -0.2) is 16.1 Å². The van der Waals surface area contributed by atoms with E-state index in [1.807, 2.05) is 6.07 Å². The molecule has 5 nitrogen and oxygen atoms in total. The fourth-order valence-corrected chi connectivity index (χ4v) is 1.93. The number of carbonyl (C=O) groups is 1. The number of anilines is 1. The molecule has 0 radical (unpaired) electrons. The molecule has 0 fully saturated rings. The van der Waals surface area contributed by atoms with Crippen molar-refractivity contribution in [2.24, 2.45) is 0 Å². The van der Waals surface area contributed by atoms with E-state index >= 15 is 0 Å². The summed E-state index contributed by atoms with van der Waals surface area (Å²) in [6.07, 6.45) is 0. The largest absolute Gasteiger partial charge is 0.322 e. The topological polar surface area (TPSA) is 81.6 Å². The number of halogens is 1. The van der Waals surface area contributed by atoms with E-state index in [9.17, 15) is 4.79 Å². The van der Waals surface area contributed by atoms with Crippen molar-refractivity contribution in [1.82, 2.24) is 10.2 Å². The molecular weight excluding hydrogens is 264 g/mol. The molecule has 0 atom stereocenters. The summed E-state index contributed by atoms with van der Waals surface area (Å²) in [5.74, 6) is -0.269. The lowest BCUT2D eigenvalue weighted by Crippen LogP contribution is -2.13. The molecule has 0 aliphatic carbocycles. The van der Waals surface area contributed by atoms with Crippen LogP contribution in [0.15, 0.2) is 18.2 Å². The van der Waals surface area contributed by atoms with Crippen molar-refractivity contribution in [3.8, 4) is 6.07 Å². The van der Waals surface area contributed by atoms with Gasteiger partial charge in [0.15, 0.2) is 0 Å². The molecule has 0 unspecified atom stereocenters. The molecule has 1 heterocycles. The zero-order chi connectivity index (χ0) is 14.0. The molecule has 2 rings (SSSR count). The summed E-state index contributed by atoms with van der Waals surface area (Å²) in [5.41, 5.74) is 2.67. The zero-order valence-corrected chi connectivity index (χ0v) is 11.2. The van der Waals surface area contributed by atoms with Gasteiger partial charge in [0.25, 0.3) is 5.91 Å². The summed E-state index contributed by atoms with van der Waals surface area (Å²) in [6, 6.07) is 6.72. The van der Waals surface area contributed by atoms with Gasteiger partial charge >= 0.3 is 0 Å². The number of benzene rings is 1. The second kappa shape index (κ2) is 5.12. The summed E-state index contributed by atoms with van der Waals surface area (Å²) in [4.78, 5) is 12.1. The predicted molar refractivity (Wildman–Crippen MR) is 72.2 cm³/mol. The fourth-order valence-electron chi connectivity index (χ4n) is 1.77. The smallest absolute Gasteiger partial charge is 0.259 e. The molecule has 2 N–H and O–H groups in total. The Morgan fingerprint density at radius 2 is 2.21 bits per heavy atom. The molecule has 1 amide bonds. The number of aryl methyl sites for hydroxylation is 2. The summed E-state index contributed by atoms with van der Waals surface area (Å²) in [5, 5.41) is 18.7. The minimum atomic E-state index is -0.269. The number of aromatic amines is 1. The number of hydrogen-bond donors (Lipinski definition) is 2.